The van der Waals surface area contributed by atoms with Gasteiger partial charge in [0.2, 0.25) is 5.91 Å². The first-order valence-electron chi connectivity index (χ1n) is 9.58. The number of amides is 1. The molecule has 0 saturated heterocycles. The molecule has 0 fully saturated rings. The van der Waals surface area contributed by atoms with Gasteiger partial charge >= 0.3 is 0 Å². The zero-order valence-corrected chi connectivity index (χ0v) is 15.6. The van der Waals surface area contributed by atoms with Gasteiger partial charge in [0.15, 0.2) is 0 Å². The van der Waals surface area contributed by atoms with E-state index in [4.69, 9.17) is 0 Å². The molecule has 2 aromatic carbocycles. The highest BCUT2D eigenvalue weighted by molar-refractivity contribution is 5.88. The number of fused-ring (bicyclic) bond motifs is 3. The Morgan fingerprint density at radius 1 is 1.12 bits per heavy atom. The van der Waals surface area contributed by atoms with Crippen LogP contribution in [0.1, 0.15) is 48.2 Å². The van der Waals surface area contributed by atoms with Crippen molar-refractivity contribution in [3.63, 3.8) is 0 Å². The van der Waals surface area contributed by atoms with E-state index in [1.54, 1.807) is 0 Å². The van der Waals surface area contributed by atoms with E-state index >= 15 is 0 Å². The molecule has 1 aromatic heterocycles. The quantitative estimate of drug-likeness (QED) is 0.729. The van der Waals surface area contributed by atoms with Gasteiger partial charge < -0.3 is 9.88 Å². The Morgan fingerprint density at radius 3 is 2.69 bits per heavy atom. The molecule has 1 aliphatic carbocycles. The van der Waals surface area contributed by atoms with Gasteiger partial charge in [-0.05, 0) is 62.8 Å². The molecular weight excluding hydrogens is 320 g/mol. The predicted octanol–water partition coefficient (Wildman–Crippen LogP) is 4.71. The number of carbonyl (C=O) groups is 1. The van der Waals surface area contributed by atoms with Crippen molar-refractivity contribution in [2.24, 2.45) is 0 Å². The maximum Gasteiger partial charge on any atom is 0.240 e. The number of nitrogens with zero attached hydrogens (tertiary/aromatic N) is 1. The molecule has 0 spiro atoms. The van der Waals surface area contributed by atoms with Crippen molar-refractivity contribution >= 4 is 16.8 Å². The first-order valence-corrected chi connectivity index (χ1v) is 9.58. The van der Waals surface area contributed by atoms with E-state index in [-0.39, 0.29) is 11.9 Å². The molecule has 1 aliphatic rings. The number of carbonyl (C=O) groups excluding carboxylic acids is 1. The molecule has 3 nitrogen and oxygen atoms in total. The summed E-state index contributed by atoms with van der Waals surface area (Å²) in [6, 6.07) is 16.8. The molecule has 0 unspecified atom stereocenters. The summed E-state index contributed by atoms with van der Waals surface area (Å²) in [5.74, 6) is 0.0761. The zero-order valence-electron chi connectivity index (χ0n) is 15.6. The minimum absolute atomic E-state index is 0.0172. The average molecular weight is 346 g/mol. The highest BCUT2D eigenvalue weighted by Gasteiger charge is 2.21. The first-order chi connectivity index (χ1) is 12.6. The molecule has 1 heterocycles. The van der Waals surface area contributed by atoms with Crippen LogP contribution in [0.5, 0.6) is 0 Å². The van der Waals surface area contributed by atoms with Gasteiger partial charge in [-0.1, -0.05) is 42.0 Å². The minimum Gasteiger partial charge on any atom is -0.348 e. The molecule has 3 heteroatoms. The molecule has 1 N–H and O–H groups in total. The largest absolute Gasteiger partial charge is 0.348 e. The van der Waals surface area contributed by atoms with Gasteiger partial charge in [-0.2, -0.15) is 0 Å². The molecular formula is C23H26N2O. The maximum atomic E-state index is 12.8. The van der Waals surface area contributed by atoms with Crippen LogP contribution in [-0.4, -0.2) is 10.5 Å². The van der Waals surface area contributed by atoms with E-state index in [0.717, 1.165) is 18.4 Å². The van der Waals surface area contributed by atoms with Gasteiger partial charge in [0.1, 0.15) is 6.54 Å². The second-order valence-corrected chi connectivity index (χ2v) is 7.44. The normalized spacial score (nSPS) is 14.8. The van der Waals surface area contributed by atoms with Gasteiger partial charge in [0.25, 0.3) is 0 Å². The molecule has 0 bridgehead atoms. The Morgan fingerprint density at radius 2 is 1.88 bits per heavy atom. The van der Waals surface area contributed by atoms with Crippen LogP contribution in [0.15, 0.2) is 48.5 Å². The van der Waals surface area contributed by atoms with Crippen LogP contribution in [0.3, 0.4) is 0 Å². The molecule has 0 aliphatic heterocycles. The van der Waals surface area contributed by atoms with Crippen LogP contribution < -0.4 is 5.32 Å². The summed E-state index contributed by atoms with van der Waals surface area (Å²) in [7, 11) is 0. The van der Waals surface area contributed by atoms with Gasteiger partial charge in [-0.25, -0.2) is 0 Å². The van der Waals surface area contributed by atoms with E-state index in [9.17, 15) is 4.79 Å². The highest BCUT2D eigenvalue weighted by atomic mass is 16.2. The van der Waals surface area contributed by atoms with Gasteiger partial charge in [0, 0.05) is 16.6 Å². The van der Waals surface area contributed by atoms with E-state index in [1.807, 2.05) is 25.1 Å². The molecule has 4 rings (SSSR count). The van der Waals surface area contributed by atoms with Crippen LogP contribution in [0.25, 0.3) is 10.9 Å². The van der Waals surface area contributed by atoms with Crippen LogP contribution >= 0.6 is 0 Å². The fourth-order valence-corrected chi connectivity index (χ4v) is 4.19. The maximum absolute atomic E-state index is 12.8. The minimum atomic E-state index is 0.0172. The number of hydrogen-bond donors (Lipinski definition) is 1. The third-order valence-corrected chi connectivity index (χ3v) is 5.51. The molecule has 3 aromatic rings. The average Bonchev–Trinajstić information content (AvgIpc) is 2.96. The Labute approximate surface area is 155 Å². The predicted molar refractivity (Wildman–Crippen MR) is 106 cm³/mol. The number of nitrogens with one attached hydrogen (secondary N) is 1. The van der Waals surface area contributed by atoms with Gasteiger partial charge in [-0.15, -0.1) is 0 Å². The van der Waals surface area contributed by atoms with Crippen LogP contribution in [0.2, 0.25) is 0 Å². The van der Waals surface area contributed by atoms with E-state index in [0.29, 0.717) is 6.54 Å². The molecule has 134 valence electrons. The summed E-state index contributed by atoms with van der Waals surface area (Å²) in [5, 5.41) is 4.49. The number of hydrogen-bond acceptors (Lipinski definition) is 1. The lowest BCUT2D eigenvalue weighted by atomic mass is 9.95. The zero-order chi connectivity index (χ0) is 18.1. The SMILES string of the molecule is Cc1ccc2c(c1)c1c(n2CC(=O)N[C@@H](C)c2ccccc2)CCCC1. The Hall–Kier alpha value is -2.55. The van der Waals surface area contributed by atoms with E-state index in [1.165, 1.54) is 40.6 Å². The summed E-state index contributed by atoms with van der Waals surface area (Å²) in [4.78, 5) is 12.8. The van der Waals surface area contributed by atoms with Crippen molar-refractivity contribution in [2.75, 3.05) is 0 Å². The summed E-state index contributed by atoms with van der Waals surface area (Å²) in [5.41, 5.74) is 6.43. The van der Waals surface area contributed by atoms with Crippen LogP contribution in [0, 0.1) is 6.92 Å². The second kappa shape index (κ2) is 6.99. The van der Waals surface area contributed by atoms with Crippen molar-refractivity contribution in [2.45, 2.75) is 52.1 Å². The second-order valence-electron chi connectivity index (χ2n) is 7.44. The lowest BCUT2D eigenvalue weighted by molar-refractivity contribution is -0.122. The summed E-state index contributed by atoms with van der Waals surface area (Å²) >= 11 is 0. The van der Waals surface area contributed by atoms with Crippen LogP contribution in [-0.2, 0) is 24.2 Å². The lowest BCUT2D eigenvalue weighted by Gasteiger charge is -2.18. The van der Waals surface area contributed by atoms with Crippen molar-refractivity contribution in [1.82, 2.24) is 9.88 Å². The summed E-state index contributed by atoms with van der Waals surface area (Å²) in [6.45, 7) is 4.58. The van der Waals surface area contributed by atoms with Crippen molar-refractivity contribution in [3.05, 3.63) is 70.9 Å². The summed E-state index contributed by atoms with van der Waals surface area (Å²) in [6.07, 6.45) is 4.66. The third kappa shape index (κ3) is 3.14. The fraction of sp³-hybridized carbons (Fsp3) is 0.348. The molecule has 1 atom stereocenters. The monoisotopic (exact) mass is 346 g/mol. The van der Waals surface area contributed by atoms with E-state index in [2.05, 4.69) is 47.1 Å². The number of rotatable bonds is 4. The molecule has 26 heavy (non-hydrogen) atoms. The molecule has 1 amide bonds. The smallest absolute Gasteiger partial charge is 0.240 e. The Balaban J connectivity index is 1.62. The van der Waals surface area contributed by atoms with Crippen LogP contribution in [0.4, 0.5) is 0 Å². The number of aromatic nitrogens is 1. The van der Waals surface area contributed by atoms with Gasteiger partial charge in [0.05, 0.1) is 6.04 Å². The molecule has 0 saturated carbocycles. The third-order valence-electron chi connectivity index (χ3n) is 5.51. The summed E-state index contributed by atoms with van der Waals surface area (Å²) < 4.78 is 2.25. The topological polar surface area (TPSA) is 34.0 Å². The molecule has 0 radical (unpaired) electrons. The fourth-order valence-electron chi connectivity index (χ4n) is 4.19. The lowest BCUT2D eigenvalue weighted by Crippen LogP contribution is -2.30. The Kier molecular flexibility index (Phi) is 4.54. The first kappa shape index (κ1) is 16.9. The Bertz CT molecular complexity index is 940. The number of aryl methyl sites for hydroxylation is 2. The van der Waals surface area contributed by atoms with Crippen molar-refractivity contribution in [3.8, 4) is 0 Å². The van der Waals surface area contributed by atoms with Crippen molar-refractivity contribution in [1.29, 1.82) is 0 Å². The highest BCUT2D eigenvalue weighted by Crippen LogP contribution is 2.32. The van der Waals surface area contributed by atoms with E-state index < -0.39 is 0 Å². The van der Waals surface area contributed by atoms with Crippen molar-refractivity contribution < 1.29 is 4.79 Å². The number of benzene rings is 2. The van der Waals surface area contributed by atoms with Gasteiger partial charge in [-0.3, -0.25) is 4.79 Å². The standard InChI is InChI=1S/C23H26N2O/c1-16-12-13-22-20(14-16)19-10-6-7-11-21(19)25(22)15-23(26)24-17(2)18-8-4-3-5-9-18/h3-5,8-9,12-14,17H,6-7,10-11,15H2,1-2H3,(H,24,26)/t17-/m0/s1.